The molecule has 1 aromatic rings. The van der Waals surface area contributed by atoms with Crippen LogP contribution in [0.2, 0.25) is 5.02 Å². The third-order valence-corrected chi connectivity index (χ3v) is 6.31. The quantitative estimate of drug-likeness (QED) is 0.288. The van der Waals surface area contributed by atoms with Crippen molar-refractivity contribution >= 4 is 29.2 Å². The van der Waals surface area contributed by atoms with Crippen molar-refractivity contribution in [3.8, 4) is 11.5 Å². The molecular weight excluding hydrogens is 464 g/mol. The predicted octanol–water partition coefficient (Wildman–Crippen LogP) is 3.12. The Morgan fingerprint density at radius 1 is 1.26 bits per heavy atom. The summed E-state index contributed by atoms with van der Waals surface area (Å²) in [6.45, 7) is 3.07. The normalized spacial score (nSPS) is 28.0. The number of fused-ring (bicyclic) bond motifs is 2. The fourth-order valence-electron chi connectivity index (χ4n) is 4.07. The largest absolute Gasteiger partial charge is 0.507 e. The SMILES string of the molecule is C[C@@H]1C[C@@H]2O[C@@H]2\C=C/C=C/C(=N\OCCN2CCCC2=O)Cc2c(Cl)c(O)cc(O)c2C(=O)O1. The maximum absolute atomic E-state index is 12.9. The zero-order chi connectivity index (χ0) is 24.2. The molecular formula is C24H27ClN2O7. The fraction of sp³-hybridized carbons (Fsp3) is 0.458. The van der Waals surface area contributed by atoms with Gasteiger partial charge in [-0.2, -0.15) is 0 Å². The highest BCUT2D eigenvalue weighted by Gasteiger charge is 2.38. The number of nitrogens with zero attached hydrogens (tertiary/aromatic N) is 2. The molecule has 182 valence electrons. The number of oxime groups is 1. The van der Waals surface area contributed by atoms with E-state index in [1.54, 1.807) is 24.0 Å². The first-order valence-corrected chi connectivity index (χ1v) is 11.6. The zero-order valence-corrected chi connectivity index (χ0v) is 19.5. The number of esters is 1. The molecule has 0 aliphatic carbocycles. The first kappa shape index (κ1) is 24.1. The highest BCUT2D eigenvalue weighted by Crippen LogP contribution is 2.38. The van der Waals surface area contributed by atoms with Crippen LogP contribution in [0.1, 0.15) is 42.1 Å². The second-order valence-corrected chi connectivity index (χ2v) is 8.87. The number of epoxide rings is 1. The van der Waals surface area contributed by atoms with Crippen molar-refractivity contribution in [1.29, 1.82) is 0 Å². The molecule has 1 aromatic carbocycles. The topological polar surface area (TPSA) is 121 Å². The number of carbonyl (C=O) groups is 2. The minimum absolute atomic E-state index is 0.0187. The van der Waals surface area contributed by atoms with Crippen LogP contribution in [0, 0.1) is 0 Å². The van der Waals surface area contributed by atoms with E-state index in [0.717, 1.165) is 12.5 Å². The number of cyclic esters (lactones) is 1. The number of halogens is 1. The van der Waals surface area contributed by atoms with Gasteiger partial charge < -0.3 is 29.4 Å². The van der Waals surface area contributed by atoms with Gasteiger partial charge in [0, 0.05) is 31.9 Å². The lowest BCUT2D eigenvalue weighted by atomic mass is 9.99. The van der Waals surface area contributed by atoms with Crippen LogP contribution < -0.4 is 0 Å². The van der Waals surface area contributed by atoms with Gasteiger partial charge in [0.2, 0.25) is 5.91 Å². The lowest BCUT2D eigenvalue weighted by Crippen LogP contribution is -2.28. The van der Waals surface area contributed by atoms with Gasteiger partial charge in [0.15, 0.2) is 0 Å². The summed E-state index contributed by atoms with van der Waals surface area (Å²) in [6.07, 6.45) is 8.46. The summed E-state index contributed by atoms with van der Waals surface area (Å²) in [4.78, 5) is 31.9. The van der Waals surface area contributed by atoms with Crippen LogP contribution in [0.25, 0.3) is 0 Å². The lowest BCUT2D eigenvalue weighted by Gasteiger charge is -2.17. The molecule has 4 rings (SSSR count). The average molecular weight is 491 g/mol. The molecule has 3 heterocycles. The van der Waals surface area contributed by atoms with E-state index in [2.05, 4.69) is 5.16 Å². The molecule has 3 aliphatic rings. The van der Waals surface area contributed by atoms with Crippen molar-refractivity contribution in [3.63, 3.8) is 0 Å². The molecule has 10 heteroatoms. The summed E-state index contributed by atoms with van der Waals surface area (Å²) in [5.41, 5.74) is 0.413. The monoisotopic (exact) mass is 490 g/mol. The summed E-state index contributed by atoms with van der Waals surface area (Å²) in [5, 5.41) is 24.7. The highest BCUT2D eigenvalue weighted by atomic mass is 35.5. The predicted molar refractivity (Wildman–Crippen MR) is 124 cm³/mol. The standard InChI is InChI=1S/C24H27ClN2O7/c1-14-11-20-19(34-20)6-3-2-5-15(26-32-10-9-27-8-4-7-21(27)30)12-16-22(24(31)33-14)17(28)13-18(29)23(16)25/h2-3,5-6,13-14,19-20,28-29H,4,7-12H2,1H3/b5-2+,6-3-,26-15+/t14-,19-,20+/m1/s1. The fourth-order valence-corrected chi connectivity index (χ4v) is 4.29. The summed E-state index contributed by atoms with van der Waals surface area (Å²) in [7, 11) is 0. The zero-order valence-electron chi connectivity index (χ0n) is 18.8. The number of rotatable bonds is 4. The molecule has 0 saturated carbocycles. The Bertz CT molecular complexity index is 1050. The van der Waals surface area contributed by atoms with Gasteiger partial charge in [0.25, 0.3) is 0 Å². The number of amides is 1. The number of carbonyl (C=O) groups excluding carboxylic acids is 2. The van der Waals surface area contributed by atoms with Gasteiger partial charge in [-0.3, -0.25) is 4.79 Å². The van der Waals surface area contributed by atoms with E-state index in [1.807, 2.05) is 12.2 Å². The van der Waals surface area contributed by atoms with Crippen LogP contribution in [0.4, 0.5) is 0 Å². The Morgan fingerprint density at radius 2 is 2.09 bits per heavy atom. The number of likely N-dealkylation sites (tertiary alicyclic amines) is 1. The number of phenolic OH excluding ortho intramolecular Hbond substituents is 2. The molecule has 2 saturated heterocycles. The van der Waals surface area contributed by atoms with Gasteiger partial charge in [-0.15, -0.1) is 0 Å². The van der Waals surface area contributed by atoms with Gasteiger partial charge in [0.1, 0.15) is 35.9 Å². The van der Waals surface area contributed by atoms with E-state index in [4.69, 9.17) is 25.9 Å². The number of aromatic hydroxyl groups is 2. The van der Waals surface area contributed by atoms with Crippen LogP contribution in [-0.4, -0.2) is 70.7 Å². The van der Waals surface area contributed by atoms with Crippen molar-refractivity contribution in [3.05, 3.63) is 46.5 Å². The molecule has 34 heavy (non-hydrogen) atoms. The Kier molecular flexibility index (Phi) is 7.43. The summed E-state index contributed by atoms with van der Waals surface area (Å²) in [5.74, 6) is -1.48. The molecule has 0 radical (unpaired) electrons. The maximum atomic E-state index is 12.9. The molecule has 0 unspecified atom stereocenters. The van der Waals surface area contributed by atoms with Gasteiger partial charge >= 0.3 is 5.97 Å². The van der Waals surface area contributed by atoms with Gasteiger partial charge in [-0.05, 0) is 25.0 Å². The number of hydrogen-bond acceptors (Lipinski definition) is 8. The minimum Gasteiger partial charge on any atom is -0.507 e. The van der Waals surface area contributed by atoms with Crippen molar-refractivity contribution in [2.24, 2.45) is 5.16 Å². The molecule has 9 nitrogen and oxygen atoms in total. The second kappa shape index (κ2) is 10.5. The van der Waals surface area contributed by atoms with Crippen LogP contribution in [0.15, 0.2) is 35.5 Å². The van der Waals surface area contributed by atoms with Gasteiger partial charge in [-0.25, -0.2) is 4.79 Å². The molecule has 0 bridgehead atoms. The van der Waals surface area contributed by atoms with Crippen LogP contribution in [-0.2, 0) is 25.5 Å². The van der Waals surface area contributed by atoms with Crippen LogP contribution in [0.3, 0.4) is 0 Å². The van der Waals surface area contributed by atoms with E-state index < -0.39 is 17.8 Å². The van der Waals surface area contributed by atoms with E-state index in [1.165, 1.54) is 0 Å². The molecule has 0 aromatic heterocycles. The Hall–Kier alpha value is -3.04. The van der Waals surface area contributed by atoms with E-state index in [0.29, 0.717) is 31.6 Å². The number of benzene rings is 1. The van der Waals surface area contributed by atoms with Crippen molar-refractivity contribution in [1.82, 2.24) is 4.90 Å². The summed E-state index contributed by atoms with van der Waals surface area (Å²) >= 11 is 6.33. The lowest BCUT2D eigenvalue weighted by molar-refractivity contribution is -0.128. The molecule has 1 amide bonds. The third kappa shape index (κ3) is 5.71. The number of allylic oxidation sites excluding steroid dienone is 3. The Balaban J connectivity index is 1.61. The molecule has 3 atom stereocenters. The average Bonchev–Trinajstić information content (AvgIpc) is 3.38. The van der Waals surface area contributed by atoms with E-state index in [-0.39, 0.29) is 53.0 Å². The number of hydrogen-bond donors (Lipinski definition) is 2. The highest BCUT2D eigenvalue weighted by molar-refractivity contribution is 6.33. The first-order chi connectivity index (χ1) is 16.3. The number of phenols is 2. The maximum Gasteiger partial charge on any atom is 0.342 e. The van der Waals surface area contributed by atoms with Crippen LogP contribution >= 0.6 is 11.6 Å². The smallest absolute Gasteiger partial charge is 0.342 e. The third-order valence-electron chi connectivity index (χ3n) is 5.88. The first-order valence-electron chi connectivity index (χ1n) is 11.2. The van der Waals surface area contributed by atoms with Crippen molar-refractivity contribution in [2.45, 2.75) is 50.9 Å². The summed E-state index contributed by atoms with van der Waals surface area (Å²) < 4.78 is 11.1. The second-order valence-electron chi connectivity index (χ2n) is 8.49. The van der Waals surface area contributed by atoms with Gasteiger partial charge in [-0.1, -0.05) is 35.0 Å². The van der Waals surface area contributed by atoms with Crippen LogP contribution in [0.5, 0.6) is 11.5 Å². The van der Waals surface area contributed by atoms with E-state index >= 15 is 0 Å². The van der Waals surface area contributed by atoms with Crippen molar-refractivity contribution < 1.29 is 34.1 Å². The Labute approximate surface area is 202 Å². The van der Waals surface area contributed by atoms with E-state index in [9.17, 15) is 19.8 Å². The molecule has 3 aliphatic heterocycles. The molecule has 0 spiro atoms. The number of ether oxygens (including phenoxy) is 2. The van der Waals surface area contributed by atoms with Gasteiger partial charge in [0.05, 0.1) is 23.4 Å². The Morgan fingerprint density at radius 3 is 2.85 bits per heavy atom. The molecule has 2 fully saturated rings. The summed E-state index contributed by atoms with van der Waals surface area (Å²) in [6, 6.07) is 1.01. The van der Waals surface area contributed by atoms with Crippen molar-refractivity contribution in [2.75, 3.05) is 19.7 Å². The minimum atomic E-state index is -0.761. The molecule has 2 N–H and O–H groups in total.